The number of amides is 2. The Hall–Kier alpha value is -1.89. The third kappa shape index (κ3) is 2.99. The summed E-state index contributed by atoms with van der Waals surface area (Å²) in [5, 5.41) is 7.28. The molecule has 2 saturated heterocycles. The van der Waals surface area contributed by atoms with Crippen LogP contribution in [-0.2, 0) is 23.2 Å². The number of hydrogen-bond donors (Lipinski definition) is 1. The molecule has 1 aromatic heterocycles. The fraction of sp³-hybridized carbons (Fsp3) is 0.667. The van der Waals surface area contributed by atoms with Crippen LogP contribution in [0.3, 0.4) is 0 Å². The molecule has 120 valence electrons. The zero-order valence-corrected chi connectivity index (χ0v) is 13.4. The van der Waals surface area contributed by atoms with Gasteiger partial charge in [0, 0.05) is 45.7 Å². The topological polar surface area (TPSA) is 70.5 Å². The van der Waals surface area contributed by atoms with Gasteiger partial charge < -0.3 is 10.2 Å². The maximum atomic E-state index is 12.3. The molecule has 1 aromatic rings. The summed E-state index contributed by atoms with van der Waals surface area (Å²) in [6.45, 7) is 6.16. The Morgan fingerprint density at radius 3 is 2.86 bits per heavy atom. The first-order valence-corrected chi connectivity index (χ1v) is 7.71. The van der Waals surface area contributed by atoms with Gasteiger partial charge in [0.15, 0.2) is 0 Å². The lowest BCUT2D eigenvalue weighted by Gasteiger charge is -2.36. The largest absolute Gasteiger partial charge is 0.352 e. The lowest BCUT2D eigenvalue weighted by atomic mass is 10.1. The van der Waals surface area contributed by atoms with Crippen molar-refractivity contribution in [3.8, 4) is 0 Å². The van der Waals surface area contributed by atoms with E-state index in [4.69, 9.17) is 0 Å². The van der Waals surface area contributed by atoms with E-state index in [0.717, 1.165) is 30.9 Å². The zero-order chi connectivity index (χ0) is 15.9. The van der Waals surface area contributed by atoms with Crippen molar-refractivity contribution in [3.05, 3.63) is 17.5 Å². The third-order valence-electron chi connectivity index (χ3n) is 4.45. The van der Waals surface area contributed by atoms with E-state index in [9.17, 15) is 9.59 Å². The first-order chi connectivity index (χ1) is 10.4. The van der Waals surface area contributed by atoms with Crippen molar-refractivity contribution in [2.75, 3.05) is 19.6 Å². The smallest absolute Gasteiger partial charge is 0.237 e. The van der Waals surface area contributed by atoms with Crippen molar-refractivity contribution >= 4 is 11.8 Å². The van der Waals surface area contributed by atoms with Crippen LogP contribution in [0.1, 0.15) is 24.7 Å². The summed E-state index contributed by atoms with van der Waals surface area (Å²) in [4.78, 5) is 27.6. The molecule has 2 fully saturated rings. The molecule has 2 aliphatic rings. The van der Waals surface area contributed by atoms with Crippen LogP contribution in [0, 0.1) is 6.92 Å². The van der Waals surface area contributed by atoms with Crippen LogP contribution in [-0.4, -0.2) is 63.1 Å². The van der Waals surface area contributed by atoms with Crippen LogP contribution >= 0.6 is 0 Å². The molecule has 0 spiro atoms. The van der Waals surface area contributed by atoms with Gasteiger partial charge in [0.25, 0.3) is 0 Å². The van der Waals surface area contributed by atoms with E-state index in [0.29, 0.717) is 13.1 Å². The molecule has 0 aromatic carbocycles. The number of carbonyl (C=O) groups is 2. The lowest BCUT2D eigenvalue weighted by Crippen LogP contribution is -2.53. The number of carbonyl (C=O) groups excluding carboxylic acids is 2. The molecule has 0 radical (unpaired) electrons. The minimum absolute atomic E-state index is 0.0282. The SMILES string of the molecule is CC(=O)N[C@H]1C[C@H]2CN(Cc3cc(C)nn3C)CC(=O)N2C1. The lowest BCUT2D eigenvalue weighted by molar-refractivity contribution is -0.138. The quantitative estimate of drug-likeness (QED) is 0.829. The maximum absolute atomic E-state index is 12.3. The summed E-state index contributed by atoms with van der Waals surface area (Å²) in [7, 11) is 1.93. The number of piperazine rings is 1. The molecule has 7 nitrogen and oxygen atoms in total. The molecule has 1 N–H and O–H groups in total. The normalized spacial score (nSPS) is 25.4. The Morgan fingerprint density at radius 2 is 2.23 bits per heavy atom. The van der Waals surface area contributed by atoms with Gasteiger partial charge in [0.05, 0.1) is 17.9 Å². The number of hydrogen-bond acceptors (Lipinski definition) is 4. The van der Waals surface area contributed by atoms with Crippen LogP contribution in [0.25, 0.3) is 0 Å². The fourth-order valence-corrected chi connectivity index (χ4v) is 3.59. The Bertz CT molecular complexity index is 597. The molecule has 3 heterocycles. The standard InChI is InChI=1S/C15H23N5O2/c1-10-4-13(18(3)17-10)7-19-8-14-5-12(16-11(2)21)6-20(14)15(22)9-19/h4,12,14H,5-9H2,1-3H3,(H,16,21)/t12-,14-/m0/s1. The highest BCUT2D eigenvalue weighted by atomic mass is 16.2. The molecule has 2 amide bonds. The Labute approximate surface area is 130 Å². The summed E-state index contributed by atoms with van der Waals surface area (Å²) in [6.07, 6.45) is 0.840. The molecule has 7 heteroatoms. The van der Waals surface area contributed by atoms with Crippen LogP contribution in [0.2, 0.25) is 0 Å². The molecule has 2 atom stereocenters. The van der Waals surface area contributed by atoms with E-state index in [1.54, 1.807) is 0 Å². The zero-order valence-electron chi connectivity index (χ0n) is 13.4. The molecule has 22 heavy (non-hydrogen) atoms. The summed E-state index contributed by atoms with van der Waals surface area (Å²) in [5.74, 6) is 0.127. The Kier molecular flexibility index (Phi) is 3.90. The molecule has 0 aliphatic carbocycles. The van der Waals surface area contributed by atoms with Crippen LogP contribution in [0.15, 0.2) is 6.07 Å². The first kappa shape index (κ1) is 15.0. The van der Waals surface area contributed by atoms with Crippen molar-refractivity contribution in [2.24, 2.45) is 7.05 Å². The van der Waals surface area contributed by atoms with Gasteiger partial charge >= 0.3 is 0 Å². The average Bonchev–Trinajstić information content (AvgIpc) is 2.92. The molecule has 0 bridgehead atoms. The molecule has 2 aliphatic heterocycles. The molecular formula is C15H23N5O2. The number of rotatable bonds is 3. The fourth-order valence-electron chi connectivity index (χ4n) is 3.59. The summed E-state index contributed by atoms with van der Waals surface area (Å²) in [5.41, 5.74) is 2.12. The predicted octanol–water partition coefficient (Wildman–Crippen LogP) is -0.350. The second-order valence-corrected chi connectivity index (χ2v) is 6.40. The number of nitrogens with zero attached hydrogens (tertiary/aromatic N) is 4. The van der Waals surface area contributed by atoms with Crippen molar-refractivity contribution in [1.82, 2.24) is 24.9 Å². The highest BCUT2D eigenvalue weighted by Gasteiger charge is 2.40. The van der Waals surface area contributed by atoms with E-state index < -0.39 is 0 Å². The number of fused-ring (bicyclic) bond motifs is 1. The van der Waals surface area contributed by atoms with Crippen molar-refractivity contribution in [1.29, 1.82) is 0 Å². The van der Waals surface area contributed by atoms with E-state index in [1.165, 1.54) is 6.92 Å². The maximum Gasteiger partial charge on any atom is 0.237 e. The minimum atomic E-state index is -0.0282. The van der Waals surface area contributed by atoms with Crippen LogP contribution in [0.4, 0.5) is 0 Å². The van der Waals surface area contributed by atoms with Gasteiger partial charge in [-0.15, -0.1) is 0 Å². The monoisotopic (exact) mass is 305 g/mol. The second kappa shape index (κ2) is 5.72. The van der Waals surface area contributed by atoms with Gasteiger partial charge in [-0.2, -0.15) is 5.10 Å². The number of aryl methyl sites for hydroxylation is 2. The highest BCUT2D eigenvalue weighted by molar-refractivity contribution is 5.80. The predicted molar refractivity (Wildman–Crippen MR) is 80.9 cm³/mol. The highest BCUT2D eigenvalue weighted by Crippen LogP contribution is 2.24. The number of aromatic nitrogens is 2. The summed E-state index contributed by atoms with van der Waals surface area (Å²) in [6, 6.07) is 2.35. The van der Waals surface area contributed by atoms with Crippen molar-refractivity contribution < 1.29 is 9.59 Å². The van der Waals surface area contributed by atoms with Crippen LogP contribution in [0.5, 0.6) is 0 Å². The van der Waals surface area contributed by atoms with E-state index in [2.05, 4.69) is 21.4 Å². The summed E-state index contributed by atoms with van der Waals surface area (Å²) < 4.78 is 1.88. The Balaban J connectivity index is 1.65. The average molecular weight is 305 g/mol. The van der Waals surface area contributed by atoms with Gasteiger partial charge in [-0.1, -0.05) is 0 Å². The summed E-state index contributed by atoms with van der Waals surface area (Å²) >= 11 is 0. The second-order valence-electron chi connectivity index (χ2n) is 6.40. The third-order valence-corrected chi connectivity index (χ3v) is 4.45. The molecular weight excluding hydrogens is 282 g/mol. The van der Waals surface area contributed by atoms with Crippen molar-refractivity contribution in [3.63, 3.8) is 0 Å². The van der Waals surface area contributed by atoms with Crippen LogP contribution < -0.4 is 5.32 Å². The van der Waals surface area contributed by atoms with E-state index >= 15 is 0 Å². The van der Waals surface area contributed by atoms with Gasteiger partial charge in [0.1, 0.15) is 0 Å². The van der Waals surface area contributed by atoms with Gasteiger partial charge in [-0.05, 0) is 19.4 Å². The first-order valence-electron chi connectivity index (χ1n) is 7.71. The van der Waals surface area contributed by atoms with Crippen molar-refractivity contribution in [2.45, 2.75) is 38.9 Å². The van der Waals surface area contributed by atoms with E-state index in [1.807, 2.05) is 23.6 Å². The Morgan fingerprint density at radius 1 is 1.45 bits per heavy atom. The molecule has 0 saturated carbocycles. The molecule has 3 rings (SSSR count). The number of nitrogens with one attached hydrogen (secondary N) is 1. The van der Waals surface area contributed by atoms with Gasteiger partial charge in [-0.3, -0.25) is 19.2 Å². The van der Waals surface area contributed by atoms with Gasteiger partial charge in [-0.25, -0.2) is 0 Å². The van der Waals surface area contributed by atoms with Gasteiger partial charge in [0.2, 0.25) is 11.8 Å². The molecule has 0 unspecified atom stereocenters. The van der Waals surface area contributed by atoms with E-state index in [-0.39, 0.29) is 23.9 Å². The minimum Gasteiger partial charge on any atom is -0.352 e.